The van der Waals surface area contributed by atoms with Crippen molar-refractivity contribution < 1.29 is 19.4 Å². The lowest BCUT2D eigenvalue weighted by atomic mass is 10.0. The number of nitrogens with zero attached hydrogens (tertiary/aromatic N) is 2. The van der Waals surface area contributed by atoms with Gasteiger partial charge in [-0.15, -0.1) is 11.6 Å². The summed E-state index contributed by atoms with van der Waals surface area (Å²) in [5.41, 5.74) is 1.92. The molecule has 1 atom stereocenters. The van der Waals surface area contributed by atoms with Crippen LogP contribution in [-0.2, 0) is 0 Å². The van der Waals surface area contributed by atoms with Gasteiger partial charge in [0, 0.05) is 36.9 Å². The summed E-state index contributed by atoms with van der Waals surface area (Å²) in [4.78, 5) is 16.6. The number of hydrogen-bond donors (Lipinski definition) is 2. The van der Waals surface area contributed by atoms with E-state index in [2.05, 4.69) is 4.98 Å². The van der Waals surface area contributed by atoms with Crippen LogP contribution in [0.25, 0.3) is 11.1 Å². The number of aryl methyl sites for hydroxylation is 1. The number of rotatable bonds is 1. The number of carbonyl (C=O) groups is 1. The predicted octanol–water partition coefficient (Wildman–Crippen LogP) is 2.66. The van der Waals surface area contributed by atoms with E-state index in [1.54, 1.807) is 6.92 Å². The van der Waals surface area contributed by atoms with Crippen LogP contribution in [0, 0.1) is 6.92 Å². The maximum absolute atomic E-state index is 11.2. The SMILES string of the molecule is Cc1nc2c3c(cc(O)c2o1)N(C(=O)O)CC3CCl. The van der Waals surface area contributed by atoms with Crippen molar-refractivity contribution in [1.82, 2.24) is 4.98 Å². The van der Waals surface area contributed by atoms with E-state index in [4.69, 9.17) is 16.0 Å². The first kappa shape index (κ1) is 12.1. The fourth-order valence-corrected chi connectivity index (χ4v) is 2.77. The third kappa shape index (κ3) is 1.63. The van der Waals surface area contributed by atoms with E-state index in [-0.39, 0.29) is 29.7 Å². The Kier molecular flexibility index (Phi) is 2.56. The molecule has 1 unspecified atom stereocenters. The molecular weight excluding hydrogens is 272 g/mol. The Morgan fingerprint density at radius 2 is 2.42 bits per heavy atom. The maximum atomic E-state index is 11.2. The van der Waals surface area contributed by atoms with Gasteiger partial charge in [0.15, 0.2) is 17.2 Å². The largest absolute Gasteiger partial charge is 0.504 e. The van der Waals surface area contributed by atoms with Crippen molar-refractivity contribution in [3.63, 3.8) is 0 Å². The Balaban J connectivity index is 2.34. The highest BCUT2D eigenvalue weighted by Gasteiger charge is 2.36. The summed E-state index contributed by atoms with van der Waals surface area (Å²) in [7, 11) is 0. The van der Waals surface area contributed by atoms with Crippen LogP contribution in [0.2, 0.25) is 0 Å². The Morgan fingerprint density at radius 3 is 3.05 bits per heavy atom. The van der Waals surface area contributed by atoms with Crippen molar-refractivity contribution in [2.75, 3.05) is 17.3 Å². The number of hydrogen-bond acceptors (Lipinski definition) is 4. The molecule has 1 aromatic carbocycles. The topological polar surface area (TPSA) is 86.8 Å². The third-order valence-corrected chi connectivity index (χ3v) is 3.66. The first-order valence-electron chi connectivity index (χ1n) is 5.72. The number of carboxylic acid groups (broad SMARTS) is 1. The second-order valence-electron chi connectivity index (χ2n) is 4.48. The zero-order valence-corrected chi connectivity index (χ0v) is 10.8. The van der Waals surface area contributed by atoms with Gasteiger partial charge in [0.1, 0.15) is 5.52 Å². The number of oxazole rings is 1. The molecule has 6 nitrogen and oxygen atoms in total. The van der Waals surface area contributed by atoms with Crippen LogP contribution in [0.5, 0.6) is 5.75 Å². The van der Waals surface area contributed by atoms with Crippen LogP contribution >= 0.6 is 11.6 Å². The minimum absolute atomic E-state index is 0.115. The molecule has 1 aromatic heterocycles. The number of phenols is 1. The van der Waals surface area contributed by atoms with Gasteiger partial charge in [-0.3, -0.25) is 4.90 Å². The second kappa shape index (κ2) is 4.03. The molecule has 1 aliphatic heterocycles. The average molecular weight is 283 g/mol. The first-order valence-corrected chi connectivity index (χ1v) is 6.25. The zero-order chi connectivity index (χ0) is 13.7. The summed E-state index contributed by atoms with van der Waals surface area (Å²) in [6.07, 6.45) is -1.08. The highest BCUT2D eigenvalue weighted by Crippen LogP contribution is 2.45. The summed E-state index contributed by atoms with van der Waals surface area (Å²) in [5, 5.41) is 19.1. The second-order valence-corrected chi connectivity index (χ2v) is 4.79. The molecule has 7 heteroatoms. The van der Waals surface area contributed by atoms with Gasteiger partial charge in [-0.25, -0.2) is 9.78 Å². The molecule has 0 spiro atoms. The van der Waals surface area contributed by atoms with Crippen LogP contribution in [0.3, 0.4) is 0 Å². The van der Waals surface area contributed by atoms with Gasteiger partial charge in [0.25, 0.3) is 0 Å². The Bertz CT molecular complexity index is 682. The molecule has 0 radical (unpaired) electrons. The summed E-state index contributed by atoms with van der Waals surface area (Å²) in [5.74, 6) is 0.430. The van der Waals surface area contributed by atoms with Crippen molar-refractivity contribution in [3.05, 3.63) is 17.5 Å². The smallest absolute Gasteiger partial charge is 0.411 e. The molecular formula is C12H11ClN2O4. The summed E-state index contributed by atoms with van der Waals surface area (Å²) in [6.45, 7) is 1.93. The van der Waals surface area contributed by atoms with E-state index in [0.29, 0.717) is 17.1 Å². The molecule has 19 heavy (non-hydrogen) atoms. The lowest BCUT2D eigenvalue weighted by Gasteiger charge is -2.12. The van der Waals surface area contributed by atoms with Crippen molar-refractivity contribution in [2.24, 2.45) is 0 Å². The molecule has 3 rings (SSSR count). The summed E-state index contributed by atoms with van der Waals surface area (Å²) in [6, 6.07) is 1.39. The number of benzene rings is 1. The molecule has 1 amide bonds. The van der Waals surface area contributed by atoms with E-state index in [1.165, 1.54) is 11.0 Å². The monoisotopic (exact) mass is 282 g/mol. The molecule has 2 N–H and O–H groups in total. The highest BCUT2D eigenvalue weighted by molar-refractivity contribution is 6.19. The minimum Gasteiger partial charge on any atom is -0.504 e. The van der Waals surface area contributed by atoms with E-state index < -0.39 is 6.09 Å². The number of amides is 1. The number of phenolic OH excluding ortho intramolecular Hbond substituents is 1. The average Bonchev–Trinajstić information content (AvgIpc) is 2.89. The highest BCUT2D eigenvalue weighted by atomic mass is 35.5. The first-order chi connectivity index (χ1) is 9.02. The number of anilines is 1. The van der Waals surface area contributed by atoms with Crippen molar-refractivity contribution in [2.45, 2.75) is 12.8 Å². The van der Waals surface area contributed by atoms with Crippen LogP contribution in [0.4, 0.5) is 10.5 Å². The van der Waals surface area contributed by atoms with E-state index >= 15 is 0 Å². The number of aromatic hydroxyl groups is 1. The van der Waals surface area contributed by atoms with Gasteiger partial charge in [0.2, 0.25) is 0 Å². The predicted molar refractivity (Wildman–Crippen MR) is 69.2 cm³/mol. The van der Waals surface area contributed by atoms with E-state index in [1.807, 2.05) is 0 Å². The zero-order valence-electron chi connectivity index (χ0n) is 10.1. The van der Waals surface area contributed by atoms with Crippen molar-refractivity contribution >= 4 is 34.5 Å². The summed E-state index contributed by atoms with van der Waals surface area (Å²) < 4.78 is 5.34. The van der Waals surface area contributed by atoms with E-state index in [0.717, 1.165) is 5.56 Å². The van der Waals surface area contributed by atoms with Crippen molar-refractivity contribution in [1.29, 1.82) is 0 Å². The molecule has 0 fully saturated rings. The molecule has 0 aliphatic carbocycles. The van der Waals surface area contributed by atoms with Crippen LogP contribution in [0.15, 0.2) is 10.5 Å². The van der Waals surface area contributed by atoms with Gasteiger partial charge < -0.3 is 14.6 Å². The van der Waals surface area contributed by atoms with Crippen molar-refractivity contribution in [3.8, 4) is 5.75 Å². The Morgan fingerprint density at radius 1 is 1.68 bits per heavy atom. The van der Waals surface area contributed by atoms with Crippen LogP contribution in [-0.4, -0.2) is 33.7 Å². The number of fused-ring (bicyclic) bond motifs is 3. The fourth-order valence-electron chi connectivity index (χ4n) is 2.52. The van der Waals surface area contributed by atoms with Crippen LogP contribution in [0.1, 0.15) is 17.4 Å². The van der Waals surface area contributed by atoms with Gasteiger partial charge in [-0.1, -0.05) is 0 Å². The quantitative estimate of drug-likeness (QED) is 0.785. The molecule has 100 valence electrons. The van der Waals surface area contributed by atoms with Gasteiger partial charge >= 0.3 is 6.09 Å². The lowest BCUT2D eigenvalue weighted by molar-refractivity contribution is 0.202. The molecule has 0 bridgehead atoms. The normalized spacial score (nSPS) is 18.0. The Hall–Kier alpha value is -1.95. The number of halogens is 1. The lowest BCUT2D eigenvalue weighted by Crippen LogP contribution is -2.28. The fraction of sp³-hybridized carbons (Fsp3) is 0.333. The molecule has 2 heterocycles. The van der Waals surface area contributed by atoms with Gasteiger partial charge in [-0.2, -0.15) is 0 Å². The molecule has 2 aromatic rings. The van der Waals surface area contributed by atoms with Crippen LogP contribution < -0.4 is 4.90 Å². The Labute approximate surface area is 113 Å². The molecule has 0 saturated carbocycles. The maximum Gasteiger partial charge on any atom is 0.411 e. The molecule has 1 aliphatic rings. The minimum atomic E-state index is -1.08. The van der Waals surface area contributed by atoms with Gasteiger partial charge in [0.05, 0.1) is 5.69 Å². The summed E-state index contributed by atoms with van der Waals surface area (Å²) >= 11 is 5.91. The van der Waals surface area contributed by atoms with Gasteiger partial charge in [-0.05, 0) is 0 Å². The number of alkyl halides is 1. The standard InChI is InChI=1S/C12H11ClN2O4/c1-5-14-10-9-6(3-13)4-15(12(17)18)7(9)2-8(16)11(10)19-5/h2,6,16H,3-4H2,1H3,(H,17,18). The van der Waals surface area contributed by atoms with E-state index in [9.17, 15) is 15.0 Å². The molecule has 0 saturated heterocycles. The third-order valence-electron chi connectivity index (χ3n) is 3.29. The number of aromatic nitrogens is 1.